The van der Waals surface area contributed by atoms with Crippen LogP contribution in [0, 0.1) is 5.82 Å². The number of sulfonamides is 1. The van der Waals surface area contributed by atoms with Crippen molar-refractivity contribution in [3.05, 3.63) is 57.8 Å². The normalized spacial score (nSPS) is 11.3. The maximum atomic E-state index is 13.7. The van der Waals surface area contributed by atoms with E-state index in [4.69, 9.17) is 33.0 Å². The van der Waals surface area contributed by atoms with E-state index in [1.165, 1.54) is 12.1 Å². The monoisotopic (exact) mass is 407 g/mol. The molecule has 2 aromatic carbocycles. The third-order valence-electron chi connectivity index (χ3n) is 3.01. The average molecular weight is 408 g/mol. The molecule has 0 radical (unpaired) electrons. The average Bonchev–Trinajstić information content (AvgIpc) is 2.53. The van der Waals surface area contributed by atoms with Gasteiger partial charge in [0.1, 0.15) is 23.1 Å². The topological polar surface area (TPSA) is 92.7 Å². The quantitative estimate of drug-likeness (QED) is 0.687. The SMILES string of the molecule is O=C(O)c1ccc(F)c(S(=O)(=O)NCCOc2ccc(Cl)cc2Cl)c1. The van der Waals surface area contributed by atoms with Crippen LogP contribution in [0.1, 0.15) is 10.4 Å². The van der Waals surface area contributed by atoms with Crippen LogP contribution in [0.4, 0.5) is 4.39 Å². The number of carbonyl (C=O) groups is 1. The zero-order chi connectivity index (χ0) is 18.6. The van der Waals surface area contributed by atoms with E-state index in [-0.39, 0.29) is 23.7 Å². The Bertz CT molecular complexity index is 905. The number of ether oxygens (including phenoxy) is 1. The minimum Gasteiger partial charge on any atom is -0.491 e. The zero-order valence-corrected chi connectivity index (χ0v) is 14.8. The lowest BCUT2D eigenvalue weighted by Gasteiger charge is -2.10. The van der Waals surface area contributed by atoms with E-state index < -0.39 is 26.7 Å². The van der Waals surface area contributed by atoms with Crippen LogP contribution >= 0.6 is 23.2 Å². The molecule has 0 amide bonds. The van der Waals surface area contributed by atoms with Crippen molar-refractivity contribution >= 4 is 39.2 Å². The molecule has 0 heterocycles. The van der Waals surface area contributed by atoms with Crippen LogP contribution in [-0.4, -0.2) is 32.6 Å². The number of carboxylic acid groups (broad SMARTS) is 1. The van der Waals surface area contributed by atoms with Crippen molar-refractivity contribution in [3.63, 3.8) is 0 Å². The van der Waals surface area contributed by atoms with Crippen LogP contribution in [0.15, 0.2) is 41.3 Å². The summed E-state index contributed by atoms with van der Waals surface area (Å²) in [7, 11) is -4.24. The number of carboxylic acids is 1. The van der Waals surface area contributed by atoms with Gasteiger partial charge in [-0.25, -0.2) is 22.3 Å². The summed E-state index contributed by atoms with van der Waals surface area (Å²) in [6, 6.07) is 7.05. The first-order valence-electron chi connectivity index (χ1n) is 6.81. The van der Waals surface area contributed by atoms with Gasteiger partial charge in [0.25, 0.3) is 0 Å². The third kappa shape index (κ3) is 5.05. The van der Waals surface area contributed by atoms with E-state index in [0.717, 1.165) is 18.2 Å². The van der Waals surface area contributed by atoms with E-state index in [1.54, 1.807) is 6.07 Å². The number of rotatable bonds is 7. The van der Waals surface area contributed by atoms with E-state index >= 15 is 0 Å². The van der Waals surface area contributed by atoms with Gasteiger partial charge in [-0.05, 0) is 36.4 Å². The Hall–Kier alpha value is -1.87. The van der Waals surface area contributed by atoms with Crippen molar-refractivity contribution in [2.24, 2.45) is 0 Å². The second kappa shape index (κ2) is 8.01. The van der Waals surface area contributed by atoms with Gasteiger partial charge in [0.05, 0.1) is 10.6 Å². The van der Waals surface area contributed by atoms with Gasteiger partial charge < -0.3 is 9.84 Å². The predicted molar refractivity (Wildman–Crippen MR) is 90.5 cm³/mol. The number of nitrogens with one attached hydrogen (secondary N) is 1. The van der Waals surface area contributed by atoms with E-state index in [9.17, 15) is 17.6 Å². The fraction of sp³-hybridized carbons (Fsp3) is 0.133. The minimum absolute atomic E-state index is 0.0825. The molecular weight excluding hydrogens is 396 g/mol. The Morgan fingerprint density at radius 3 is 2.56 bits per heavy atom. The number of hydrogen-bond acceptors (Lipinski definition) is 4. The Balaban J connectivity index is 2.02. The number of aromatic carboxylic acids is 1. The van der Waals surface area contributed by atoms with Crippen molar-refractivity contribution in [2.75, 3.05) is 13.2 Å². The number of hydrogen-bond donors (Lipinski definition) is 2. The molecule has 25 heavy (non-hydrogen) atoms. The van der Waals surface area contributed by atoms with Crippen molar-refractivity contribution in [1.82, 2.24) is 4.72 Å². The maximum Gasteiger partial charge on any atom is 0.335 e. The molecule has 0 aromatic heterocycles. The molecule has 0 spiro atoms. The summed E-state index contributed by atoms with van der Waals surface area (Å²) in [5, 5.41) is 9.55. The molecule has 2 aromatic rings. The summed E-state index contributed by atoms with van der Waals surface area (Å²) >= 11 is 11.7. The molecule has 0 unspecified atom stereocenters. The van der Waals surface area contributed by atoms with Gasteiger partial charge in [0, 0.05) is 11.6 Å². The van der Waals surface area contributed by atoms with Gasteiger partial charge in [0.2, 0.25) is 10.0 Å². The highest BCUT2D eigenvalue weighted by Gasteiger charge is 2.20. The van der Waals surface area contributed by atoms with Gasteiger partial charge in [-0.1, -0.05) is 23.2 Å². The molecule has 6 nitrogen and oxygen atoms in total. The summed E-state index contributed by atoms with van der Waals surface area (Å²) in [5.41, 5.74) is -0.342. The molecule has 0 atom stereocenters. The highest BCUT2D eigenvalue weighted by molar-refractivity contribution is 7.89. The summed E-state index contributed by atoms with van der Waals surface area (Å²) in [6.45, 7) is -0.265. The van der Waals surface area contributed by atoms with Crippen LogP contribution in [0.5, 0.6) is 5.75 Å². The highest BCUT2D eigenvalue weighted by Crippen LogP contribution is 2.27. The summed E-state index contributed by atoms with van der Waals surface area (Å²) in [5.74, 6) is -2.11. The lowest BCUT2D eigenvalue weighted by atomic mass is 10.2. The van der Waals surface area contributed by atoms with Crippen molar-refractivity contribution < 1.29 is 27.4 Å². The molecule has 0 aliphatic carbocycles. The first kappa shape index (κ1) is 19.5. The second-order valence-electron chi connectivity index (χ2n) is 4.77. The van der Waals surface area contributed by atoms with E-state index in [1.807, 2.05) is 0 Å². The molecule has 0 saturated carbocycles. The molecule has 0 bridgehead atoms. The number of benzene rings is 2. The summed E-state index contributed by atoms with van der Waals surface area (Å²) in [4.78, 5) is 10.1. The lowest BCUT2D eigenvalue weighted by molar-refractivity contribution is 0.0696. The molecular formula is C15H12Cl2FNO5S. The van der Waals surface area contributed by atoms with Gasteiger partial charge in [-0.3, -0.25) is 0 Å². The Labute approximate surface area is 153 Å². The Morgan fingerprint density at radius 1 is 1.20 bits per heavy atom. The smallest absolute Gasteiger partial charge is 0.335 e. The molecule has 0 aliphatic rings. The van der Waals surface area contributed by atoms with Gasteiger partial charge in [-0.2, -0.15) is 0 Å². The van der Waals surface area contributed by atoms with Gasteiger partial charge in [-0.15, -0.1) is 0 Å². The third-order valence-corrected chi connectivity index (χ3v) is 5.02. The Kier molecular flexibility index (Phi) is 6.23. The largest absolute Gasteiger partial charge is 0.491 e. The van der Waals surface area contributed by atoms with Crippen LogP contribution in [0.2, 0.25) is 10.0 Å². The molecule has 134 valence electrons. The van der Waals surface area contributed by atoms with E-state index in [2.05, 4.69) is 4.72 Å². The van der Waals surface area contributed by atoms with Gasteiger partial charge >= 0.3 is 5.97 Å². The van der Waals surface area contributed by atoms with Crippen LogP contribution in [0.3, 0.4) is 0 Å². The fourth-order valence-electron chi connectivity index (χ4n) is 1.85. The van der Waals surface area contributed by atoms with Crippen LogP contribution < -0.4 is 9.46 Å². The van der Waals surface area contributed by atoms with Crippen molar-refractivity contribution in [1.29, 1.82) is 0 Å². The maximum absolute atomic E-state index is 13.7. The molecule has 0 saturated heterocycles. The molecule has 2 N–H and O–H groups in total. The zero-order valence-electron chi connectivity index (χ0n) is 12.5. The molecule has 2 rings (SSSR count). The lowest BCUT2D eigenvalue weighted by Crippen LogP contribution is -2.29. The summed E-state index contributed by atoms with van der Waals surface area (Å²) in [6.07, 6.45) is 0. The van der Waals surface area contributed by atoms with Crippen molar-refractivity contribution in [2.45, 2.75) is 4.90 Å². The van der Waals surface area contributed by atoms with E-state index in [0.29, 0.717) is 10.8 Å². The first-order valence-corrected chi connectivity index (χ1v) is 9.05. The van der Waals surface area contributed by atoms with Gasteiger partial charge in [0.15, 0.2) is 0 Å². The van der Waals surface area contributed by atoms with Crippen LogP contribution in [0.25, 0.3) is 0 Å². The standard InChI is InChI=1S/C15H12Cl2FNO5S/c16-10-2-4-13(11(17)8-10)24-6-5-19-25(22,23)14-7-9(15(20)21)1-3-12(14)18/h1-4,7-8,19H,5-6H2,(H,20,21). The second-order valence-corrected chi connectivity index (χ2v) is 7.35. The number of halogens is 3. The molecule has 0 aliphatic heterocycles. The molecule has 10 heteroatoms. The minimum atomic E-state index is -4.24. The Morgan fingerprint density at radius 2 is 1.92 bits per heavy atom. The molecule has 0 fully saturated rings. The van der Waals surface area contributed by atoms with Crippen LogP contribution in [-0.2, 0) is 10.0 Å². The van der Waals surface area contributed by atoms with Crippen molar-refractivity contribution in [3.8, 4) is 5.75 Å². The fourth-order valence-corrected chi connectivity index (χ4v) is 3.43. The first-order chi connectivity index (χ1) is 11.7. The predicted octanol–water partition coefficient (Wildman–Crippen LogP) is 3.19. The highest BCUT2D eigenvalue weighted by atomic mass is 35.5. The summed E-state index contributed by atoms with van der Waals surface area (Å²) < 4.78 is 45.4.